The molecule has 0 atom stereocenters. The van der Waals surface area contributed by atoms with E-state index in [-0.39, 0.29) is 11.7 Å². The Hall–Kier alpha value is -3.00. The lowest BCUT2D eigenvalue weighted by molar-refractivity contribution is 0.0692. The predicted molar refractivity (Wildman–Crippen MR) is 110 cm³/mol. The number of anilines is 1. The molecule has 0 unspecified atom stereocenters. The fourth-order valence-electron chi connectivity index (χ4n) is 3.23. The third-order valence-corrected chi connectivity index (χ3v) is 5.20. The molecular formula is C21H20ClFN4O3. The molecule has 0 saturated heterocycles. The van der Waals surface area contributed by atoms with Gasteiger partial charge in [-0.25, -0.2) is 14.2 Å². The molecule has 2 heterocycles. The third kappa shape index (κ3) is 4.28. The highest BCUT2D eigenvalue weighted by Crippen LogP contribution is 2.34. The van der Waals surface area contributed by atoms with Crippen LogP contribution >= 0.6 is 11.6 Å². The molecule has 1 fully saturated rings. The average Bonchev–Trinajstić information content (AvgIpc) is 3.39. The number of carbonyl (C=O) groups is 1. The molecule has 1 aromatic carbocycles. The van der Waals surface area contributed by atoms with Gasteiger partial charge < -0.3 is 14.5 Å². The first-order chi connectivity index (χ1) is 14.5. The summed E-state index contributed by atoms with van der Waals surface area (Å²) in [5.74, 6) is -0.430. The molecule has 0 amide bonds. The number of carboxylic acids is 1. The lowest BCUT2D eigenvalue weighted by Crippen LogP contribution is -2.27. The number of pyridine rings is 1. The lowest BCUT2D eigenvalue weighted by atomic mass is 10.1. The van der Waals surface area contributed by atoms with Gasteiger partial charge in [-0.3, -0.25) is 0 Å². The number of halogens is 2. The number of carboxylic acid groups (broad SMARTS) is 1. The molecule has 7 nitrogen and oxygen atoms in total. The van der Waals surface area contributed by atoms with Crippen LogP contribution in [-0.4, -0.2) is 39.3 Å². The molecular weight excluding hydrogens is 411 g/mol. The number of rotatable bonds is 8. The first-order valence-corrected chi connectivity index (χ1v) is 10.1. The van der Waals surface area contributed by atoms with Crippen molar-refractivity contribution in [3.8, 4) is 22.8 Å². The van der Waals surface area contributed by atoms with E-state index in [1.54, 1.807) is 12.3 Å². The van der Waals surface area contributed by atoms with Gasteiger partial charge in [-0.05, 0) is 49.4 Å². The van der Waals surface area contributed by atoms with Crippen LogP contribution in [-0.2, 0) is 0 Å². The van der Waals surface area contributed by atoms with Crippen LogP contribution in [0.3, 0.4) is 0 Å². The smallest absolute Gasteiger partial charge is 0.338 e. The van der Waals surface area contributed by atoms with Crippen LogP contribution in [0.5, 0.6) is 0 Å². The number of nitrogens with zero attached hydrogens (tertiary/aromatic N) is 4. The summed E-state index contributed by atoms with van der Waals surface area (Å²) in [7, 11) is 0. The first kappa shape index (κ1) is 20.3. The highest BCUT2D eigenvalue weighted by Gasteiger charge is 2.26. The minimum atomic E-state index is -1.34. The van der Waals surface area contributed by atoms with E-state index >= 15 is 0 Å². The van der Waals surface area contributed by atoms with Crippen molar-refractivity contribution < 1.29 is 18.8 Å². The Kier molecular flexibility index (Phi) is 5.67. The fourth-order valence-corrected chi connectivity index (χ4v) is 3.52. The Morgan fingerprint density at radius 2 is 2.13 bits per heavy atom. The Bertz CT molecular complexity index is 1080. The van der Waals surface area contributed by atoms with Crippen molar-refractivity contribution in [2.75, 3.05) is 18.0 Å². The maximum absolute atomic E-state index is 13.9. The van der Waals surface area contributed by atoms with Crippen molar-refractivity contribution in [1.82, 2.24) is 15.1 Å². The Morgan fingerprint density at radius 1 is 1.33 bits per heavy atom. The summed E-state index contributed by atoms with van der Waals surface area (Å²) in [6, 6.07) is 5.38. The highest BCUT2D eigenvalue weighted by atomic mass is 35.5. The molecule has 0 radical (unpaired) electrons. The Balaban J connectivity index is 1.58. The van der Waals surface area contributed by atoms with Gasteiger partial charge in [0.15, 0.2) is 0 Å². The van der Waals surface area contributed by atoms with Crippen molar-refractivity contribution in [3.63, 3.8) is 0 Å². The van der Waals surface area contributed by atoms with E-state index in [9.17, 15) is 9.18 Å². The Labute approximate surface area is 177 Å². The standard InChI is InChI=1S/C21H20ClFN4O3/c1-2-7-27(11-12-3-4-12)19-16(22)8-14(10-24-19)20-25-18(26-30-20)13-5-6-15(21(28)29)17(23)9-13/h5-6,8-10,12H,2-4,7,11H2,1H3,(H,28,29). The van der Waals surface area contributed by atoms with E-state index in [1.165, 1.54) is 25.0 Å². The molecule has 2 aromatic heterocycles. The monoisotopic (exact) mass is 430 g/mol. The van der Waals surface area contributed by atoms with Crippen molar-refractivity contribution in [1.29, 1.82) is 0 Å². The molecule has 9 heteroatoms. The maximum atomic E-state index is 13.9. The van der Waals surface area contributed by atoms with Gasteiger partial charge >= 0.3 is 5.97 Å². The highest BCUT2D eigenvalue weighted by molar-refractivity contribution is 6.33. The van der Waals surface area contributed by atoms with E-state index in [0.717, 1.165) is 31.4 Å². The second kappa shape index (κ2) is 8.39. The third-order valence-electron chi connectivity index (χ3n) is 4.92. The number of hydrogen-bond acceptors (Lipinski definition) is 6. The number of hydrogen-bond donors (Lipinski definition) is 1. The van der Waals surface area contributed by atoms with Crippen LogP contribution in [0, 0.1) is 11.7 Å². The number of benzene rings is 1. The zero-order valence-corrected chi connectivity index (χ0v) is 17.1. The van der Waals surface area contributed by atoms with Crippen LogP contribution in [0.15, 0.2) is 35.0 Å². The summed E-state index contributed by atoms with van der Waals surface area (Å²) < 4.78 is 19.2. The van der Waals surface area contributed by atoms with Gasteiger partial charge in [-0.1, -0.05) is 23.7 Å². The molecule has 0 bridgehead atoms. The molecule has 30 heavy (non-hydrogen) atoms. The van der Waals surface area contributed by atoms with Crippen LogP contribution < -0.4 is 4.90 Å². The first-order valence-electron chi connectivity index (χ1n) is 9.74. The van der Waals surface area contributed by atoms with E-state index in [2.05, 4.69) is 26.9 Å². The second-order valence-electron chi connectivity index (χ2n) is 7.34. The molecule has 1 N–H and O–H groups in total. The molecule has 0 spiro atoms. The van der Waals surface area contributed by atoms with E-state index in [1.807, 2.05) is 0 Å². The van der Waals surface area contributed by atoms with Gasteiger partial charge in [0.05, 0.1) is 16.1 Å². The summed E-state index contributed by atoms with van der Waals surface area (Å²) in [6.45, 7) is 3.95. The number of aromatic carboxylic acids is 1. The molecule has 156 valence electrons. The quantitative estimate of drug-likeness (QED) is 0.542. The fraction of sp³-hybridized carbons (Fsp3) is 0.333. The SMILES string of the molecule is CCCN(CC1CC1)c1ncc(-c2nc(-c3ccc(C(=O)O)c(F)c3)no2)cc1Cl. The minimum Gasteiger partial charge on any atom is -0.478 e. The molecule has 0 aliphatic heterocycles. The normalized spacial score (nSPS) is 13.4. The van der Waals surface area contributed by atoms with E-state index in [0.29, 0.717) is 22.1 Å². The summed E-state index contributed by atoms with van der Waals surface area (Å²) in [5.41, 5.74) is 0.437. The Morgan fingerprint density at radius 3 is 2.77 bits per heavy atom. The van der Waals surface area contributed by atoms with Crippen LogP contribution in [0.1, 0.15) is 36.5 Å². The molecule has 4 rings (SSSR count). The zero-order valence-electron chi connectivity index (χ0n) is 16.3. The summed E-state index contributed by atoms with van der Waals surface area (Å²) in [4.78, 5) is 22.0. The van der Waals surface area contributed by atoms with E-state index in [4.69, 9.17) is 21.2 Å². The molecule has 3 aromatic rings. The van der Waals surface area contributed by atoms with Crippen molar-refractivity contribution in [2.24, 2.45) is 5.92 Å². The van der Waals surface area contributed by atoms with Crippen LogP contribution in [0.2, 0.25) is 5.02 Å². The van der Waals surface area contributed by atoms with Crippen LogP contribution in [0.25, 0.3) is 22.8 Å². The number of aromatic nitrogens is 3. The van der Waals surface area contributed by atoms with Crippen molar-refractivity contribution in [2.45, 2.75) is 26.2 Å². The predicted octanol–water partition coefficient (Wildman–Crippen LogP) is 4.92. The maximum Gasteiger partial charge on any atom is 0.338 e. The molecule has 1 aliphatic carbocycles. The second-order valence-corrected chi connectivity index (χ2v) is 7.75. The largest absolute Gasteiger partial charge is 0.478 e. The van der Waals surface area contributed by atoms with E-state index < -0.39 is 17.3 Å². The zero-order chi connectivity index (χ0) is 21.3. The summed E-state index contributed by atoms with van der Waals surface area (Å²) >= 11 is 6.51. The van der Waals surface area contributed by atoms with Gasteiger partial charge in [0.1, 0.15) is 11.6 Å². The van der Waals surface area contributed by atoms with Crippen LogP contribution in [0.4, 0.5) is 10.2 Å². The van der Waals surface area contributed by atoms with Gasteiger partial charge in [-0.15, -0.1) is 0 Å². The topological polar surface area (TPSA) is 92.4 Å². The van der Waals surface area contributed by atoms with Crippen molar-refractivity contribution in [3.05, 3.63) is 46.9 Å². The summed E-state index contributed by atoms with van der Waals surface area (Å²) in [5, 5.41) is 13.3. The molecule has 1 aliphatic rings. The molecule has 1 saturated carbocycles. The van der Waals surface area contributed by atoms with Gasteiger partial charge in [0.25, 0.3) is 5.89 Å². The van der Waals surface area contributed by atoms with Gasteiger partial charge in [0.2, 0.25) is 5.82 Å². The van der Waals surface area contributed by atoms with Gasteiger partial charge in [-0.2, -0.15) is 4.98 Å². The summed E-state index contributed by atoms with van der Waals surface area (Å²) in [6.07, 6.45) is 5.11. The van der Waals surface area contributed by atoms with Gasteiger partial charge in [0, 0.05) is 24.8 Å². The minimum absolute atomic E-state index is 0.141. The average molecular weight is 431 g/mol. The van der Waals surface area contributed by atoms with Crippen molar-refractivity contribution >= 4 is 23.4 Å². The lowest BCUT2D eigenvalue weighted by Gasteiger charge is -2.24.